The Morgan fingerprint density at radius 1 is 1.39 bits per heavy atom. The molecule has 1 aliphatic rings. The number of hydrogen-bond donors (Lipinski definition) is 1. The summed E-state index contributed by atoms with van der Waals surface area (Å²) in [6.07, 6.45) is 7.33. The molecule has 0 heterocycles. The van der Waals surface area contributed by atoms with Crippen molar-refractivity contribution < 1.29 is 0 Å². The molecule has 2 nitrogen and oxygen atoms in total. The summed E-state index contributed by atoms with van der Waals surface area (Å²) in [6.45, 7) is 7.96. The monoisotopic (exact) mass is 272 g/mol. The van der Waals surface area contributed by atoms with E-state index in [-0.39, 0.29) is 5.54 Å². The van der Waals surface area contributed by atoms with E-state index in [2.05, 4.69) is 39.0 Å². The molecule has 4 unspecified atom stereocenters. The smallest absolute Gasteiger partial charge is 0.0334 e. The molecular weight excluding hydrogens is 240 g/mol. The summed E-state index contributed by atoms with van der Waals surface area (Å²) in [5, 5.41) is 0. The SMILES string of the molecule is CSCCC(C)N(C)C1(CN)CCC(C)C(C)C1. The van der Waals surface area contributed by atoms with Crippen molar-refractivity contribution >= 4 is 11.8 Å². The zero-order valence-corrected chi connectivity index (χ0v) is 13.7. The molecule has 18 heavy (non-hydrogen) atoms. The van der Waals surface area contributed by atoms with Crippen LogP contribution in [0.4, 0.5) is 0 Å². The molecule has 1 fully saturated rings. The van der Waals surface area contributed by atoms with Crippen LogP contribution in [-0.4, -0.2) is 42.1 Å². The number of rotatable bonds is 6. The highest BCUT2D eigenvalue weighted by Crippen LogP contribution is 2.39. The predicted molar refractivity (Wildman–Crippen MR) is 84.2 cm³/mol. The van der Waals surface area contributed by atoms with E-state index < -0.39 is 0 Å². The van der Waals surface area contributed by atoms with Gasteiger partial charge in [-0.05, 0) is 63.5 Å². The van der Waals surface area contributed by atoms with Gasteiger partial charge in [0.2, 0.25) is 0 Å². The normalized spacial score (nSPS) is 34.8. The molecule has 4 atom stereocenters. The van der Waals surface area contributed by atoms with Gasteiger partial charge in [0.25, 0.3) is 0 Å². The Morgan fingerprint density at radius 2 is 2.06 bits per heavy atom. The third-order valence-electron chi connectivity index (χ3n) is 5.27. The summed E-state index contributed by atoms with van der Waals surface area (Å²) in [6, 6.07) is 0.640. The molecule has 3 heteroatoms. The molecule has 0 amide bonds. The van der Waals surface area contributed by atoms with Crippen LogP contribution in [0.15, 0.2) is 0 Å². The summed E-state index contributed by atoms with van der Waals surface area (Å²) in [5.41, 5.74) is 6.42. The lowest BCUT2D eigenvalue weighted by atomic mass is 9.70. The standard InChI is InChI=1S/C15H32N2S/c1-12-6-8-15(11-16,10-13(12)2)17(4)14(3)7-9-18-5/h12-14H,6-11,16H2,1-5H3. The van der Waals surface area contributed by atoms with Crippen LogP contribution >= 0.6 is 11.8 Å². The molecule has 2 N–H and O–H groups in total. The van der Waals surface area contributed by atoms with Gasteiger partial charge >= 0.3 is 0 Å². The zero-order valence-electron chi connectivity index (χ0n) is 12.9. The minimum absolute atomic E-state index is 0.254. The Labute approximate surface area is 118 Å². The number of thioether (sulfide) groups is 1. The van der Waals surface area contributed by atoms with Crippen molar-refractivity contribution in [2.45, 2.75) is 58.0 Å². The van der Waals surface area contributed by atoms with Gasteiger partial charge in [-0.15, -0.1) is 0 Å². The molecule has 0 bridgehead atoms. The first-order valence-electron chi connectivity index (χ1n) is 7.38. The predicted octanol–water partition coefficient (Wildman–Crippen LogP) is 3.21. The quantitative estimate of drug-likeness (QED) is 0.805. The number of nitrogens with two attached hydrogens (primary N) is 1. The molecule has 0 radical (unpaired) electrons. The van der Waals surface area contributed by atoms with Gasteiger partial charge in [-0.25, -0.2) is 0 Å². The topological polar surface area (TPSA) is 29.3 Å². The fraction of sp³-hybridized carbons (Fsp3) is 1.00. The first kappa shape index (κ1) is 16.3. The average Bonchev–Trinajstić information content (AvgIpc) is 2.38. The van der Waals surface area contributed by atoms with Crippen LogP contribution in [0.5, 0.6) is 0 Å². The van der Waals surface area contributed by atoms with Gasteiger partial charge in [-0.2, -0.15) is 11.8 Å². The highest BCUT2D eigenvalue weighted by atomic mass is 32.2. The van der Waals surface area contributed by atoms with Crippen LogP contribution in [0, 0.1) is 11.8 Å². The van der Waals surface area contributed by atoms with E-state index in [1.54, 1.807) is 0 Å². The molecule has 0 spiro atoms. The second-order valence-corrected chi connectivity index (χ2v) is 7.35. The van der Waals surface area contributed by atoms with E-state index >= 15 is 0 Å². The molecule has 1 saturated carbocycles. The lowest BCUT2D eigenvalue weighted by Crippen LogP contribution is -2.58. The van der Waals surface area contributed by atoms with Gasteiger partial charge in [-0.1, -0.05) is 13.8 Å². The van der Waals surface area contributed by atoms with Crippen molar-refractivity contribution in [2.75, 3.05) is 25.6 Å². The second-order valence-electron chi connectivity index (χ2n) is 6.37. The number of likely N-dealkylation sites (N-methyl/N-ethyl adjacent to an activating group) is 1. The van der Waals surface area contributed by atoms with Gasteiger partial charge < -0.3 is 5.73 Å². The van der Waals surface area contributed by atoms with E-state index in [0.717, 1.165) is 18.4 Å². The molecule has 0 saturated heterocycles. The van der Waals surface area contributed by atoms with Crippen LogP contribution in [0.2, 0.25) is 0 Å². The third-order valence-corrected chi connectivity index (χ3v) is 5.91. The van der Waals surface area contributed by atoms with Gasteiger partial charge in [0, 0.05) is 18.1 Å². The highest BCUT2D eigenvalue weighted by Gasteiger charge is 2.41. The summed E-state index contributed by atoms with van der Waals surface area (Å²) in [7, 11) is 2.29. The summed E-state index contributed by atoms with van der Waals surface area (Å²) < 4.78 is 0. The summed E-state index contributed by atoms with van der Waals surface area (Å²) >= 11 is 1.94. The molecule has 1 rings (SSSR count). The first-order chi connectivity index (χ1) is 8.46. The van der Waals surface area contributed by atoms with Crippen molar-refractivity contribution in [1.29, 1.82) is 0 Å². The summed E-state index contributed by atoms with van der Waals surface area (Å²) in [4.78, 5) is 2.59. The van der Waals surface area contributed by atoms with Crippen molar-refractivity contribution in [1.82, 2.24) is 4.90 Å². The van der Waals surface area contributed by atoms with E-state index in [1.165, 1.54) is 31.4 Å². The Bertz CT molecular complexity index is 247. The maximum atomic E-state index is 6.17. The molecular formula is C15H32N2S. The minimum Gasteiger partial charge on any atom is -0.329 e. The molecule has 0 aliphatic heterocycles. The number of hydrogen-bond acceptors (Lipinski definition) is 3. The largest absolute Gasteiger partial charge is 0.329 e. The fourth-order valence-electron chi connectivity index (χ4n) is 3.28. The van der Waals surface area contributed by atoms with Crippen LogP contribution < -0.4 is 5.73 Å². The zero-order chi connectivity index (χ0) is 13.8. The Morgan fingerprint density at radius 3 is 2.56 bits per heavy atom. The van der Waals surface area contributed by atoms with Gasteiger partial charge in [0.05, 0.1) is 0 Å². The molecule has 108 valence electrons. The Kier molecular flexibility index (Phi) is 6.49. The first-order valence-corrected chi connectivity index (χ1v) is 8.78. The highest BCUT2D eigenvalue weighted by molar-refractivity contribution is 7.98. The molecule has 0 aromatic rings. The molecule has 0 aromatic carbocycles. The maximum Gasteiger partial charge on any atom is 0.0334 e. The van der Waals surface area contributed by atoms with Crippen LogP contribution in [0.25, 0.3) is 0 Å². The van der Waals surface area contributed by atoms with Gasteiger partial charge in [-0.3, -0.25) is 4.90 Å². The Hall–Kier alpha value is 0.270. The van der Waals surface area contributed by atoms with Crippen LogP contribution in [-0.2, 0) is 0 Å². The van der Waals surface area contributed by atoms with Gasteiger partial charge in [0.1, 0.15) is 0 Å². The van der Waals surface area contributed by atoms with Gasteiger partial charge in [0.15, 0.2) is 0 Å². The molecule has 1 aliphatic carbocycles. The van der Waals surface area contributed by atoms with E-state index in [4.69, 9.17) is 5.73 Å². The van der Waals surface area contributed by atoms with Crippen molar-refractivity contribution in [3.8, 4) is 0 Å². The van der Waals surface area contributed by atoms with Crippen molar-refractivity contribution in [2.24, 2.45) is 17.6 Å². The lowest BCUT2D eigenvalue weighted by Gasteiger charge is -2.50. The van der Waals surface area contributed by atoms with Crippen molar-refractivity contribution in [3.63, 3.8) is 0 Å². The van der Waals surface area contributed by atoms with E-state index in [1.807, 2.05) is 11.8 Å². The van der Waals surface area contributed by atoms with Crippen LogP contribution in [0.1, 0.15) is 46.5 Å². The third kappa shape index (κ3) is 3.64. The average molecular weight is 273 g/mol. The van der Waals surface area contributed by atoms with E-state index in [9.17, 15) is 0 Å². The molecule has 0 aromatic heterocycles. The summed E-state index contributed by atoms with van der Waals surface area (Å²) in [5.74, 6) is 2.91. The number of nitrogens with zero attached hydrogens (tertiary/aromatic N) is 1. The van der Waals surface area contributed by atoms with E-state index in [0.29, 0.717) is 6.04 Å². The second kappa shape index (κ2) is 7.16. The lowest BCUT2D eigenvalue weighted by molar-refractivity contribution is 0.0149. The Balaban J connectivity index is 2.68. The maximum absolute atomic E-state index is 6.17. The van der Waals surface area contributed by atoms with Crippen LogP contribution in [0.3, 0.4) is 0 Å². The minimum atomic E-state index is 0.254. The van der Waals surface area contributed by atoms with Crippen molar-refractivity contribution in [3.05, 3.63) is 0 Å². The fourth-order valence-corrected chi connectivity index (χ4v) is 3.86.